The van der Waals surface area contributed by atoms with E-state index in [2.05, 4.69) is 50.1 Å². The number of hydrogen-bond donors (Lipinski definition) is 4. The molecule has 174 valence electrons. The Bertz CT molecular complexity index is 911. The Kier molecular flexibility index (Phi) is 8.21. The first-order valence-corrected chi connectivity index (χ1v) is 11.5. The number of aromatic nitrogens is 3. The maximum atomic E-state index is 12.3. The van der Waals surface area contributed by atoms with Crippen LogP contribution in [-0.2, 0) is 0 Å². The van der Waals surface area contributed by atoms with Gasteiger partial charge in [0, 0.05) is 44.0 Å². The first-order chi connectivity index (χ1) is 15.4. The fourth-order valence-electron chi connectivity index (χ4n) is 3.73. The average molecular weight is 441 g/mol. The summed E-state index contributed by atoms with van der Waals surface area (Å²) in [6.45, 7) is 11.5. The van der Waals surface area contributed by atoms with Gasteiger partial charge in [-0.2, -0.15) is 15.0 Å². The minimum Gasteiger partial charge on any atom is -0.352 e. The minimum absolute atomic E-state index is 0.102. The molecule has 1 saturated heterocycles. The lowest BCUT2D eigenvalue weighted by Crippen LogP contribution is -2.30. The van der Waals surface area contributed by atoms with Crippen molar-refractivity contribution in [3.05, 3.63) is 29.3 Å². The molecule has 0 unspecified atom stereocenters. The number of aryl methyl sites for hydroxylation is 1. The van der Waals surface area contributed by atoms with E-state index in [0.717, 1.165) is 37.3 Å². The summed E-state index contributed by atoms with van der Waals surface area (Å²) in [5.74, 6) is 1.97. The zero-order valence-electron chi connectivity index (χ0n) is 19.8. The molecule has 1 aromatic heterocycles. The van der Waals surface area contributed by atoms with Gasteiger partial charge < -0.3 is 26.2 Å². The molecule has 9 nitrogen and oxygen atoms in total. The van der Waals surface area contributed by atoms with Gasteiger partial charge in [-0.3, -0.25) is 4.79 Å². The van der Waals surface area contributed by atoms with E-state index in [1.165, 1.54) is 6.42 Å². The van der Waals surface area contributed by atoms with Gasteiger partial charge in [0.2, 0.25) is 17.8 Å². The topological polar surface area (TPSA) is 107 Å². The van der Waals surface area contributed by atoms with E-state index in [1.807, 2.05) is 44.0 Å². The van der Waals surface area contributed by atoms with Crippen molar-refractivity contribution in [2.75, 3.05) is 48.8 Å². The van der Waals surface area contributed by atoms with Crippen LogP contribution in [-0.4, -0.2) is 60.1 Å². The molecule has 0 bridgehead atoms. The smallest absolute Gasteiger partial charge is 0.251 e. The van der Waals surface area contributed by atoms with Gasteiger partial charge in [-0.25, -0.2) is 0 Å². The van der Waals surface area contributed by atoms with Crippen molar-refractivity contribution in [2.45, 2.75) is 46.6 Å². The fraction of sp³-hybridized carbons (Fsp3) is 0.565. The first-order valence-electron chi connectivity index (χ1n) is 11.5. The van der Waals surface area contributed by atoms with Crippen LogP contribution in [0.15, 0.2) is 18.2 Å². The highest BCUT2D eigenvalue weighted by atomic mass is 16.1. The SMILES string of the molecule is CCNC(=O)c1ccc(C)c(Nc2nc(NC[C@@H]3CCCN3)nc(N(C)CC(C)C)n2)c1. The van der Waals surface area contributed by atoms with Crippen molar-refractivity contribution >= 4 is 29.4 Å². The van der Waals surface area contributed by atoms with Crippen LogP contribution in [0.1, 0.15) is 49.5 Å². The molecule has 1 aromatic carbocycles. The molecule has 2 aromatic rings. The summed E-state index contributed by atoms with van der Waals surface area (Å²) in [6, 6.07) is 6.00. The highest BCUT2D eigenvalue weighted by molar-refractivity contribution is 5.95. The monoisotopic (exact) mass is 440 g/mol. The third kappa shape index (κ3) is 6.53. The number of benzene rings is 1. The number of anilines is 4. The molecule has 4 N–H and O–H groups in total. The molecule has 32 heavy (non-hydrogen) atoms. The molecule has 2 heterocycles. The third-order valence-corrected chi connectivity index (χ3v) is 5.36. The second-order valence-corrected chi connectivity index (χ2v) is 8.75. The Hall–Kier alpha value is -2.94. The average Bonchev–Trinajstić information content (AvgIpc) is 3.27. The van der Waals surface area contributed by atoms with Crippen LogP contribution < -0.4 is 26.2 Å². The molecule has 0 aliphatic carbocycles. The highest BCUT2D eigenvalue weighted by Gasteiger charge is 2.17. The second kappa shape index (κ2) is 11.1. The number of carbonyl (C=O) groups is 1. The molecular formula is C23H36N8O. The number of rotatable bonds is 10. The van der Waals surface area contributed by atoms with Crippen LogP contribution in [0.25, 0.3) is 0 Å². The largest absolute Gasteiger partial charge is 0.352 e. The van der Waals surface area contributed by atoms with Gasteiger partial charge in [0.15, 0.2) is 0 Å². The summed E-state index contributed by atoms with van der Waals surface area (Å²) in [6.07, 6.45) is 2.34. The Balaban J connectivity index is 1.85. The zero-order chi connectivity index (χ0) is 23.1. The van der Waals surface area contributed by atoms with Gasteiger partial charge >= 0.3 is 0 Å². The molecule has 3 rings (SSSR count). The number of amides is 1. The van der Waals surface area contributed by atoms with Crippen LogP contribution in [0.4, 0.5) is 23.5 Å². The molecule has 1 amide bonds. The molecule has 1 atom stereocenters. The van der Waals surface area contributed by atoms with Crippen molar-refractivity contribution in [2.24, 2.45) is 5.92 Å². The van der Waals surface area contributed by atoms with Gasteiger partial charge in [-0.1, -0.05) is 19.9 Å². The summed E-state index contributed by atoms with van der Waals surface area (Å²) in [5, 5.41) is 13.0. The Labute approximate surface area is 190 Å². The highest BCUT2D eigenvalue weighted by Crippen LogP contribution is 2.22. The molecule has 0 spiro atoms. The van der Waals surface area contributed by atoms with Crippen LogP contribution >= 0.6 is 0 Å². The van der Waals surface area contributed by atoms with Crippen LogP contribution in [0.5, 0.6) is 0 Å². The van der Waals surface area contributed by atoms with Crippen molar-refractivity contribution in [1.82, 2.24) is 25.6 Å². The predicted molar refractivity (Wildman–Crippen MR) is 130 cm³/mol. The maximum Gasteiger partial charge on any atom is 0.251 e. The van der Waals surface area contributed by atoms with Crippen molar-refractivity contribution in [3.63, 3.8) is 0 Å². The Morgan fingerprint density at radius 2 is 2.03 bits per heavy atom. The fourth-order valence-corrected chi connectivity index (χ4v) is 3.73. The number of carbonyl (C=O) groups excluding carboxylic acids is 1. The molecule has 0 saturated carbocycles. The molecule has 1 aliphatic rings. The summed E-state index contributed by atoms with van der Waals surface area (Å²) in [5.41, 5.74) is 2.39. The van der Waals surface area contributed by atoms with E-state index in [0.29, 0.717) is 41.9 Å². The quantitative estimate of drug-likeness (QED) is 0.447. The van der Waals surface area contributed by atoms with E-state index >= 15 is 0 Å². The third-order valence-electron chi connectivity index (χ3n) is 5.36. The van der Waals surface area contributed by atoms with Gasteiger partial charge in [0.25, 0.3) is 5.91 Å². The standard InChI is InChI=1S/C23H36N8O/c1-6-24-20(32)17-10-9-16(4)19(12-17)27-22-28-21(26-13-18-8-7-11-25-18)29-23(30-22)31(5)14-15(2)3/h9-10,12,15,18,25H,6-8,11,13-14H2,1-5H3,(H,24,32)(H2,26,27,28,29,30)/t18-/m0/s1. The van der Waals surface area contributed by atoms with Gasteiger partial charge in [0.05, 0.1) is 0 Å². The van der Waals surface area contributed by atoms with Gasteiger partial charge in [-0.15, -0.1) is 0 Å². The number of hydrogen-bond acceptors (Lipinski definition) is 8. The predicted octanol–water partition coefficient (Wildman–Crippen LogP) is 2.93. The summed E-state index contributed by atoms with van der Waals surface area (Å²) in [4.78, 5) is 28.2. The first kappa shape index (κ1) is 23.7. The van der Waals surface area contributed by atoms with Gasteiger partial charge in [-0.05, 0) is 56.8 Å². The number of nitrogens with one attached hydrogen (secondary N) is 4. The zero-order valence-corrected chi connectivity index (χ0v) is 19.8. The lowest BCUT2D eigenvalue weighted by molar-refractivity contribution is 0.0956. The van der Waals surface area contributed by atoms with Crippen molar-refractivity contribution in [3.8, 4) is 0 Å². The van der Waals surface area contributed by atoms with Crippen LogP contribution in [0, 0.1) is 12.8 Å². The van der Waals surface area contributed by atoms with Crippen molar-refractivity contribution < 1.29 is 4.79 Å². The second-order valence-electron chi connectivity index (χ2n) is 8.75. The summed E-state index contributed by atoms with van der Waals surface area (Å²) in [7, 11) is 1.99. The van der Waals surface area contributed by atoms with E-state index in [4.69, 9.17) is 0 Å². The lowest BCUT2D eigenvalue weighted by Gasteiger charge is -2.21. The van der Waals surface area contributed by atoms with Crippen LogP contribution in [0.3, 0.4) is 0 Å². The summed E-state index contributed by atoms with van der Waals surface area (Å²) >= 11 is 0. The van der Waals surface area contributed by atoms with E-state index in [9.17, 15) is 4.79 Å². The molecule has 1 aliphatic heterocycles. The Morgan fingerprint density at radius 1 is 1.25 bits per heavy atom. The van der Waals surface area contributed by atoms with Gasteiger partial charge in [0.1, 0.15) is 0 Å². The van der Waals surface area contributed by atoms with E-state index in [-0.39, 0.29) is 5.91 Å². The molecule has 0 radical (unpaired) electrons. The minimum atomic E-state index is -0.102. The summed E-state index contributed by atoms with van der Waals surface area (Å²) < 4.78 is 0. The molecule has 1 fully saturated rings. The van der Waals surface area contributed by atoms with E-state index < -0.39 is 0 Å². The van der Waals surface area contributed by atoms with E-state index in [1.54, 1.807) is 0 Å². The molecular weight excluding hydrogens is 404 g/mol. The maximum absolute atomic E-state index is 12.3. The van der Waals surface area contributed by atoms with Crippen LogP contribution in [0.2, 0.25) is 0 Å². The Morgan fingerprint density at radius 3 is 2.72 bits per heavy atom. The normalized spacial score (nSPS) is 15.6. The molecule has 9 heteroatoms. The van der Waals surface area contributed by atoms with Crippen molar-refractivity contribution in [1.29, 1.82) is 0 Å². The number of nitrogens with zero attached hydrogens (tertiary/aromatic N) is 4. The lowest BCUT2D eigenvalue weighted by atomic mass is 10.1.